The van der Waals surface area contributed by atoms with E-state index in [0.29, 0.717) is 27.7 Å². The number of fused-ring (bicyclic) bond motifs is 2. The maximum atomic E-state index is 15.0. The van der Waals surface area contributed by atoms with Gasteiger partial charge in [-0.2, -0.15) is 0 Å². The van der Waals surface area contributed by atoms with E-state index in [4.69, 9.17) is 4.98 Å². The fraction of sp³-hybridized carbons (Fsp3) is 0. The number of rotatable bonds is 5. The van der Waals surface area contributed by atoms with Crippen LogP contribution < -0.4 is 5.56 Å². The predicted octanol–water partition coefficient (Wildman–Crippen LogP) is 10.5. The van der Waals surface area contributed by atoms with E-state index in [2.05, 4.69) is 59.3 Å². The number of aromatic nitrogens is 2. The van der Waals surface area contributed by atoms with Crippen LogP contribution in [0.5, 0.6) is 0 Å². The summed E-state index contributed by atoms with van der Waals surface area (Å²) < 4.78 is 16.7. The molecular weight excluding hydrogens is 584 g/mol. The van der Waals surface area contributed by atoms with Gasteiger partial charge in [0.05, 0.1) is 16.9 Å². The van der Waals surface area contributed by atoms with Crippen molar-refractivity contribution in [1.29, 1.82) is 0 Å². The second-order valence-corrected chi connectivity index (χ2v) is 12.4. The molecule has 0 aliphatic carbocycles. The molecular formula is C38H23FN2OS2. The Hall–Kier alpha value is -5.17. The number of benzene rings is 4. The SMILES string of the molecule is O=c1c2ccc(F)cc2c(-c2ccc(-c3cccs3)cc2)c(-c2ccc(-c3cccs3)cc2)n1-c1cccc2cccnc12. The van der Waals surface area contributed by atoms with E-state index < -0.39 is 5.82 Å². The molecule has 0 amide bonds. The molecule has 8 aromatic rings. The third-order valence-corrected chi connectivity index (χ3v) is 9.78. The monoisotopic (exact) mass is 606 g/mol. The molecule has 210 valence electrons. The maximum Gasteiger partial charge on any atom is 0.263 e. The Labute approximate surface area is 260 Å². The van der Waals surface area contributed by atoms with Gasteiger partial charge in [-0.1, -0.05) is 78.9 Å². The Morgan fingerprint density at radius 2 is 1.25 bits per heavy atom. The highest BCUT2D eigenvalue weighted by Crippen LogP contribution is 2.41. The Kier molecular flexibility index (Phi) is 6.51. The molecule has 0 aliphatic rings. The first-order chi connectivity index (χ1) is 21.7. The molecule has 0 atom stereocenters. The lowest BCUT2D eigenvalue weighted by atomic mass is 9.92. The first kappa shape index (κ1) is 26.5. The molecule has 4 aromatic carbocycles. The van der Waals surface area contributed by atoms with Crippen molar-refractivity contribution in [3.8, 4) is 49.0 Å². The summed E-state index contributed by atoms with van der Waals surface area (Å²) in [6.45, 7) is 0. The highest BCUT2D eigenvalue weighted by Gasteiger charge is 2.23. The number of halogens is 1. The standard InChI is InChI=1S/C38H23FN2OS2/c39-29-18-19-30-31(23-29)35(26-14-10-24(11-15-26)33-8-3-21-43-33)37(28-16-12-25(13-17-28)34-9-4-22-44-34)41(38(30)42)32-7-1-5-27-6-2-20-40-36(27)32/h1-23H. The number of pyridine rings is 2. The average molecular weight is 607 g/mol. The van der Waals surface area contributed by atoms with E-state index in [0.717, 1.165) is 38.1 Å². The zero-order chi connectivity index (χ0) is 29.6. The van der Waals surface area contributed by atoms with Gasteiger partial charge in [0.25, 0.3) is 5.56 Å². The quantitative estimate of drug-likeness (QED) is 0.195. The molecule has 4 aromatic heterocycles. The summed E-state index contributed by atoms with van der Waals surface area (Å²) >= 11 is 3.36. The molecule has 3 nitrogen and oxygen atoms in total. The first-order valence-corrected chi connectivity index (χ1v) is 15.9. The number of nitrogens with zero attached hydrogens (tertiary/aromatic N) is 2. The molecule has 0 fully saturated rings. The number of hydrogen-bond donors (Lipinski definition) is 0. The third-order valence-electron chi connectivity index (χ3n) is 7.94. The van der Waals surface area contributed by atoms with Gasteiger partial charge in [0.2, 0.25) is 0 Å². The van der Waals surface area contributed by atoms with Crippen molar-refractivity contribution in [1.82, 2.24) is 9.55 Å². The van der Waals surface area contributed by atoms with Gasteiger partial charge in [-0.05, 0) is 75.5 Å². The van der Waals surface area contributed by atoms with E-state index in [1.807, 2.05) is 54.6 Å². The smallest absolute Gasteiger partial charge is 0.263 e. The Balaban J connectivity index is 1.49. The summed E-state index contributed by atoms with van der Waals surface area (Å²) in [5.74, 6) is -0.392. The molecule has 0 unspecified atom stereocenters. The van der Waals surface area contributed by atoms with Crippen LogP contribution in [0.2, 0.25) is 0 Å². The van der Waals surface area contributed by atoms with Crippen molar-refractivity contribution in [2.75, 3.05) is 0 Å². The number of thiophene rings is 2. The van der Waals surface area contributed by atoms with Crippen molar-refractivity contribution >= 4 is 44.3 Å². The van der Waals surface area contributed by atoms with Gasteiger partial charge in [0.1, 0.15) is 5.82 Å². The summed E-state index contributed by atoms with van der Waals surface area (Å²) in [5.41, 5.74) is 6.57. The Morgan fingerprint density at radius 1 is 0.614 bits per heavy atom. The van der Waals surface area contributed by atoms with Crippen molar-refractivity contribution < 1.29 is 4.39 Å². The van der Waals surface area contributed by atoms with Crippen molar-refractivity contribution in [3.05, 3.63) is 154 Å². The summed E-state index contributed by atoms with van der Waals surface area (Å²) in [6.07, 6.45) is 1.74. The molecule has 0 bridgehead atoms. The normalized spacial score (nSPS) is 11.4. The van der Waals surface area contributed by atoms with Gasteiger partial charge in [0.15, 0.2) is 0 Å². The lowest BCUT2D eigenvalue weighted by molar-refractivity contribution is 0.629. The van der Waals surface area contributed by atoms with E-state index in [-0.39, 0.29) is 5.56 Å². The minimum atomic E-state index is -0.392. The molecule has 0 aliphatic heterocycles. The van der Waals surface area contributed by atoms with Crippen molar-refractivity contribution in [2.45, 2.75) is 0 Å². The van der Waals surface area contributed by atoms with Gasteiger partial charge >= 0.3 is 0 Å². The van der Waals surface area contributed by atoms with Crippen LogP contribution in [0, 0.1) is 5.82 Å². The van der Waals surface area contributed by atoms with Crippen LogP contribution in [-0.4, -0.2) is 9.55 Å². The van der Waals surface area contributed by atoms with E-state index >= 15 is 0 Å². The fourth-order valence-electron chi connectivity index (χ4n) is 5.91. The minimum absolute atomic E-state index is 0.227. The zero-order valence-corrected chi connectivity index (χ0v) is 24.9. The predicted molar refractivity (Wildman–Crippen MR) is 182 cm³/mol. The van der Waals surface area contributed by atoms with Crippen LogP contribution in [0.1, 0.15) is 0 Å². The van der Waals surface area contributed by atoms with Gasteiger partial charge in [0, 0.05) is 37.7 Å². The molecule has 4 heterocycles. The second-order valence-electron chi connectivity index (χ2n) is 10.5. The van der Waals surface area contributed by atoms with E-state index in [1.54, 1.807) is 39.5 Å². The number of para-hydroxylation sites is 1. The van der Waals surface area contributed by atoms with Crippen LogP contribution in [0.15, 0.2) is 143 Å². The number of hydrogen-bond acceptors (Lipinski definition) is 4. The lowest BCUT2D eigenvalue weighted by Crippen LogP contribution is -2.22. The van der Waals surface area contributed by atoms with Gasteiger partial charge in [-0.3, -0.25) is 14.3 Å². The van der Waals surface area contributed by atoms with E-state index in [1.165, 1.54) is 17.0 Å². The summed E-state index contributed by atoms with van der Waals surface area (Å²) in [7, 11) is 0. The van der Waals surface area contributed by atoms with Crippen molar-refractivity contribution in [2.24, 2.45) is 0 Å². The minimum Gasteiger partial charge on any atom is -0.274 e. The van der Waals surface area contributed by atoms with Crippen LogP contribution in [0.3, 0.4) is 0 Å². The fourth-order valence-corrected chi connectivity index (χ4v) is 7.38. The van der Waals surface area contributed by atoms with Crippen molar-refractivity contribution in [3.63, 3.8) is 0 Å². The Morgan fingerprint density at radius 3 is 1.91 bits per heavy atom. The topological polar surface area (TPSA) is 34.9 Å². The maximum absolute atomic E-state index is 15.0. The average Bonchev–Trinajstić information content (AvgIpc) is 3.81. The highest BCUT2D eigenvalue weighted by molar-refractivity contribution is 7.13. The molecule has 6 heteroatoms. The molecule has 0 saturated carbocycles. The lowest BCUT2D eigenvalue weighted by Gasteiger charge is -2.22. The summed E-state index contributed by atoms with van der Waals surface area (Å²) in [6, 6.07) is 39.0. The molecule has 44 heavy (non-hydrogen) atoms. The van der Waals surface area contributed by atoms with Crippen LogP contribution in [-0.2, 0) is 0 Å². The molecule has 0 saturated heterocycles. The van der Waals surface area contributed by atoms with E-state index in [9.17, 15) is 9.18 Å². The molecule has 0 radical (unpaired) electrons. The molecule has 0 spiro atoms. The van der Waals surface area contributed by atoms with Crippen LogP contribution in [0.4, 0.5) is 4.39 Å². The van der Waals surface area contributed by atoms with Gasteiger partial charge < -0.3 is 0 Å². The molecule has 8 rings (SSSR count). The third kappa shape index (κ3) is 4.47. The first-order valence-electron chi connectivity index (χ1n) is 14.2. The summed E-state index contributed by atoms with van der Waals surface area (Å²) in [4.78, 5) is 21.6. The summed E-state index contributed by atoms with van der Waals surface area (Å²) in [5, 5.41) is 6.06. The van der Waals surface area contributed by atoms with Crippen LogP contribution >= 0.6 is 22.7 Å². The highest BCUT2D eigenvalue weighted by atomic mass is 32.1. The molecule has 0 N–H and O–H groups in total. The van der Waals surface area contributed by atoms with Gasteiger partial charge in [-0.15, -0.1) is 22.7 Å². The largest absolute Gasteiger partial charge is 0.274 e. The van der Waals surface area contributed by atoms with Crippen LogP contribution in [0.25, 0.3) is 70.6 Å². The second kappa shape index (κ2) is 10.8. The Bertz CT molecular complexity index is 2330. The zero-order valence-electron chi connectivity index (χ0n) is 23.3. The van der Waals surface area contributed by atoms with Gasteiger partial charge in [-0.25, -0.2) is 4.39 Å².